The van der Waals surface area contributed by atoms with E-state index in [0.717, 1.165) is 0 Å². The molecule has 0 unspecified atom stereocenters. The van der Waals surface area contributed by atoms with Crippen molar-refractivity contribution in [1.82, 2.24) is 9.78 Å². The van der Waals surface area contributed by atoms with Crippen LogP contribution in [-0.2, 0) is 14.9 Å². The van der Waals surface area contributed by atoms with E-state index in [1.807, 2.05) is 51.1 Å². The summed E-state index contributed by atoms with van der Waals surface area (Å²) in [6, 6.07) is 9.56. The third-order valence-electron chi connectivity index (χ3n) is 4.40. The monoisotopic (exact) mass is 381 g/mol. The lowest BCUT2D eigenvalue weighted by Gasteiger charge is -2.17. The van der Waals surface area contributed by atoms with Gasteiger partial charge in [0, 0.05) is 5.41 Å². The maximum absolute atomic E-state index is 13.1. The van der Waals surface area contributed by atoms with E-state index in [1.165, 1.54) is 16.3 Å². The first-order valence-electron chi connectivity index (χ1n) is 9.34. The van der Waals surface area contributed by atoms with Gasteiger partial charge in [0.05, 0.1) is 23.6 Å². The maximum atomic E-state index is 13.1. The van der Waals surface area contributed by atoms with E-state index in [0.29, 0.717) is 17.3 Å². The Labute approximate surface area is 165 Å². The van der Waals surface area contributed by atoms with Crippen LogP contribution in [0.1, 0.15) is 64.3 Å². The van der Waals surface area contributed by atoms with Crippen LogP contribution in [0.2, 0.25) is 0 Å². The van der Waals surface area contributed by atoms with Crippen LogP contribution in [0.4, 0.5) is 0 Å². The third-order valence-corrected chi connectivity index (χ3v) is 4.40. The zero-order valence-electron chi connectivity index (χ0n) is 17.3. The predicted molar refractivity (Wildman–Crippen MR) is 109 cm³/mol. The Hall–Kier alpha value is -3.07. The standard InChI is InChI=1S/C22H27N3O3/c1-7-28-21(27)16(13-23)12-18-19(22(4,5)6)24-25(20(18)26)17-10-8-15(9-11-17)14(2)3/h8-12,14,24H,7H2,1-6H3/b16-12+. The van der Waals surface area contributed by atoms with Crippen LogP contribution in [0.3, 0.4) is 0 Å². The van der Waals surface area contributed by atoms with Crippen LogP contribution in [0.15, 0.2) is 34.6 Å². The highest BCUT2D eigenvalue weighted by molar-refractivity contribution is 5.98. The Morgan fingerprint density at radius 3 is 2.36 bits per heavy atom. The largest absolute Gasteiger partial charge is 0.462 e. The first kappa shape index (κ1) is 21.2. The number of esters is 1. The Kier molecular flexibility index (Phi) is 6.30. The van der Waals surface area contributed by atoms with Crippen molar-refractivity contribution in [3.8, 4) is 11.8 Å². The molecule has 1 aromatic carbocycles. The van der Waals surface area contributed by atoms with E-state index in [2.05, 4.69) is 18.9 Å². The van der Waals surface area contributed by atoms with Crippen molar-refractivity contribution in [2.75, 3.05) is 6.61 Å². The molecule has 0 fully saturated rings. The first-order chi connectivity index (χ1) is 13.1. The first-order valence-corrected chi connectivity index (χ1v) is 9.34. The predicted octanol–water partition coefficient (Wildman–Crippen LogP) is 4.06. The minimum absolute atomic E-state index is 0.156. The van der Waals surface area contributed by atoms with Crippen molar-refractivity contribution in [2.45, 2.75) is 52.9 Å². The SMILES string of the molecule is CCOC(=O)/C(C#N)=C/c1c(C(C)(C)C)[nH]n(-c2ccc(C(C)C)cc2)c1=O. The molecule has 0 aliphatic heterocycles. The van der Waals surface area contributed by atoms with E-state index < -0.39 is 11.4 Å². The topological polar surface area (TPSA) is 87.9 Å². The van der Waals surface area contributed by atoms with Gasteiger partial charge in [-0.3, -0.25) is 9.89 Å². The number of H-pyrrole nitrogens is 1. The Morgan fingerprint density at radius 1 is 1.29 bits per heavy atom. The molecule has 0 saturated heterocycles. The number of carbonyl (C=O) groups excluding carboxylic acids is 1. The summed E-state index contributed by atoms with van der Waals surface area (Å²) in [5.41, 5.74) is 1.86. The van der Waals surface area contributed by atoms with E-state index in [9.17, 15) is 14.9 Å². The molecule has 0 atom stereocenters. The number of ether oxygens (including phenoxy) is 1. The maximum Gasteiger partial charge on any atom is 0.348 e. The van der Waals surface area contributed by atoms with Crippen molar-refractivity contribution >= 4 is 12.0 Å². The minimum atomic E-state index is -0.738. The van der Waals surface area contributed by atoms with Crippen molar-refractivity contribution in [1.29, 1.82) is 5.26 Å². The number of nitrogens with zero attached hydrogens (tertiary/aromatic N) is 2. The Bertz CT molecular complexity index is 978. The van der Waals surface area contributed by atoms with Gasteiger partial charge in [0.25, 0.3) is 5.56 Å². The van der Waals surface area contributed by atoms with Crippen molar-refractivity contribution in [3.63, 3.8) is 0 Å². The van der Waals surface area contributed by atoms with Crippen LogP contribution in [-0.4, -0.2) is 22.4 Å². The second-order valence-corrected chi connectivity index (χ2v) is 7.93. The molecule has 0 spiro atoms. The number of rotatable bonds is 5. The molecule has 6 nitrogen and oxygen atoms in total. The van der Waals surface area contributed by atoms with Gasteiger partial charge in [-0.05, 0) is 36.6 Å². The molecule has 0 saturated carbocycles. The van der Waals surface area contributed by atoms with E-state index in [1.54, 1.807) is 6.92 Å². The minimum Gasteiger partial charge on any atom is -0.462 e. The Balaban J connectivity index is 2.65. The Morgan fingerprint density at radius 2 is 1.89 bits per heavy atom. The summed E-state index contributed by atoms with van der Waals surface area (Å²) in [7, 11) is 0. The molecule has 148 valence electrons. The molecule has 2 aromatic rings. The van der Waals surface area contributed by atoms with Gasteiger partial charge in [-0.1, -0.05) is 46.8 Å². The molecule has 1 heterocycles. The third kappa shape index (κ3) is 4.42. The lowest BCUT2D eigenvalue weighted by molar-refractivity contribution is -0.137. The number of benzene rings is 1. The number of aromatic nitrogens is 2. The molecule has 6 heteroatoms. The average Bonchev–Trinajstić information content (AvgIpc) is 2.96. The van der Waals surface area contributed by atoms with Crippen molar-refractivity contribution in [2.24, 2.45) is 0 Å². The second-order valence-electron chi connectivity index (χ2n) is 7.93. The lowest BCUT2D eigenvalue weighted by Crippen LogP contribution is -2.17. The van der Waals surface area contributed by atoms with Gasteiger partial charge in [-0.15, -0.1) is 0 Å². The van der Waals surface area contributed by atoms with Gasteiger partial charge >= 0.3 is 5.97 Å². The summed E-state index contributed by atoms with van der Waals surface area (Å²) in [4.78, 5) is 25.1. The number of nitriles is 1. The smallest absolute Gasteiger partial charge is 0.348 e. The highest BCUT2D eigenvalue weighted by Crippen LogP contribution is 2.25. The van der Waals surface area contributed by atoms with E-state index >= 15 is 0 Å². The molecular formula is C22H27N3O3. The lowest BCUT2D eigenvalue weighted by atomic mass is 9.89. The molecular weight excluding hydrogens is 354 g/mol. The molecule has 0 aliphatic carbocycles. The highest BCUT2D eigenvalue weighted by Gasteiger charge is 2.25. The summed E-state index contributed by atoms with van der Waals surface area (Å²) in [5, 5.41) is 12.5. The summed E-state index contributed by atoms with van der Waals surface area (Å²) in [6.45, 7) is 11.9. The fourth-order valence-corrected chi connectivity index (χ4v) is 2.84. The van der Waals surface area contributed by atoms with Gasteiger partial charge in [-0.2, -0.15) is 5.26 Å². The summed E-state index contributed by atoms with van der Waals surface area (Å²) >= 11 is 0. The van der Waals surface area contributed by atoms with Crippen LogP contribution in [0, 0.1) is 11.3 Å². The number of nitrogens with one attached hydrogen (secondary N) is 1. The van der Waals surface area contributed by atoms with Gasteiger partial charge < -0.3 is 4.74 Å². The van der Waals surface area contributed by atoms with Crippen LogP contribution in [0.5, 0.6) is 0 Å². The summed E-state index contributed by atoms with van der Waals surface area (Å²) < 4.78 is 6.35. The van der Waals surface area contributed by atoms with Crippen LogP contribution >= 0.6 is 0 Å². The number of hydrogen-bond donors (Lipinski definition) is 1. The van der Waals surface area contributed by atoms with Gasteiger partial charge in [0.1, 0.15) is 11.6 Å². The number of carbonyl (C=O) groups is 1. The highest BCUT2D eigenvalue weighted by atomic mass is 16.5. The van der Waals surface area contributed by atoms with Gasteiger partial charge in [0.2, 0.25) is 0 Å². The van der Waals surface area contributed by atoms with Crippen LogP contribution < -0.4 is 5.56 Å². The molecule has 1 aromatic heterocycles. The molecule has 0 amide bonds. The molecule has 0 bridgehead atoms. The van der Waals surface area contributed by atoms with Crippen LogP contribution in [0.25, 0.3) is 11.8 Å². The second kappa shape index (κ2) is 8.30. The quantitative estimate of drug-likeness (QED) is 0.481. The molecule has 0 radical (unpaired) electrons. The van der Waals surface area contributed by atoms with Gasteiger partial charge in [0.15, 0.2) is 0 Å². The normalized spacial score (nSPS) is 12.1. The molecule has 28 heavy (non-hydrogen) atoms. The fraction of sp³-hybridized carbons (Fsp3) is 0.409. The van der Waals surface area contributed by atoms with Crippen molar-refractivity contribution in [3.05, 3.63) is 57.0 Å². The molecule has 2 rings (SSSR count). The number of hydrogen-bond acceptors (Lipinski definition) is 4. The van der Waals surface area contributed by atoms with Crippen molar-refractivity contribution < 1.29 is 9.53 Å². The average molecular weight is 381 g/mol. The van der Waals surface area contributed by atoms with E-state index in [4.69, 9.17) is 4.74 Å². The fourth-order valence-electron chi connectivity index (χ4n) is 2.84. The zero-order valence-corrected chi connectivity index (χ0v) is 17.3. The van der Waals surface area contributed by atoms with E-state index in [-0.39, 0.29) is 23.3 Å². The van der Waals surface area contributed by atoms with Gasteiger partial charge in [-0.25, -0.2) is 9.48 Å². The summed E-state index contributed by atoms with van der Waals surface area (Å²) in [5.74, 6) is -0.348. The zero-order chi connectivity index (χ0) is 21.1. The molecule has 1 N–H and O–H groups in total. The summed E-state index contributed by atoms with van der Waals surface area (Å²) in [6.07, 6.45) is 1.32. The molecule has 0 aliphatic rings. The number of aromatic amines is 1.